The van der Waals surface area contributed by atoms with Crippen molar-refractivity contribution >= 4 is 5.97 Å². The van der Waals surface area contributed by atoms with Gasteiger partial charge >= 0.3 is 5.97 Å². The molecule has 356 valence electrons. The van der Waals surface area contributed by atoms with Crippen LogP contribution in [0.15, 0.2) is 109 Å². The molecule has 4 aromatic carbocycles. The molecule has 5 aliphatic rings. The maximum absolute atomic E-state index is 12.3. The Morgan fingerprint density at radius 3 is 2.30 bits per heavy atom. The molecule has 0 amide bonds. The number of piperidine rings is 1. The number of ether oxygens (including phenoxy) is 4. The molecule has 2 N–H and O–H groups in total. The van der Waals surface area contributed by atoms with E-state index < -0.39 is 17.3 Å². The van der Waals surface area contributed by atoms with E-state index in [0.717, 1.165) is 80.1 Å². The van der Waals surface area contributed by atoms with E-state index in [0.29, 0.717) is 30.7 Å². The molecular weight excluding hydrogens is 827 g/mol. The zero-order valence-electron chi connectivity index (χ0n) is 40.9. The van der Waals surface area contributed by atoms with Gasteiger partial charge in [0.05, 0.1) is 19.8 Å². The van der Waals surface area contributed by atoms with Crippen molar-refractivity contribution in [2.24, 2.45) is 17.8 Å². The molecule has 9 rings (SSSR count). The van der Waals surface area contributed by atoms with Crippen molar-refractivity contribution in [2.75, 3.05) is 69.1 Å². The van der Waals surface area contributed by atoms with Gasteiger partial charge in [0, 0.05) is 60.7 Å². The lowest BCUT2D eigenvalue weighted by molar-refractivity contribution is -0.168. The number of aliphatic hydroxyl groups is 2. The molecule has 1 spiro atoms. The zero-order chi connectivity index (χ0) is 47.2. The Bertz CT molecular complexity index is 2250. The molecule has 2 fully saturated rings. The highest BCUT2D eigenvalue weighted by molar-refractivity contribution is 5.70. The van der Waals surface area contributed by atoms with Crippen molar-refractivity contribution < 1.29 is 34.0 Å². The number of likely N-dealkylation sites (N-methyl/N-ethyl adjacent to an activating group) is 1. The first kappa shape index (κ1) is 49.2. The predicted octanol–water partition coefficient (Wildman–Crippen LogP) is 8.41. The lowest BCUT2D eigenvalue weighted by Gasteiger charge is -2.56. The molecular formula is C56H75N3O7. The van der Waals surface area contributed by atoms with E-state index in [1.165, 1.54) is 23.1 Å². The van der Waals surface area contributed by atoms with Crippen LogP contribution in [0.25, 0.3) is 0 Å². The zero-order valence-corrected chi connectivity index (χ0v) is 40.9. The summed E-state index contributed by atoms with van der Waals surface area (Å²) < 4.78 is 23.3. The number of rotatable bonds is 13. The van der Waals surface area contributed by atoms with Gasteiger partial charge < -0.3 is 43.9 Å². The van der Waals surface area contributed by atoms with Crippen LogP contribution in [-0.2, 0) is 39.0 Å². The third kappa shape index (κ3) is 9.81. The van der Waals surface area contributed by atoms with E-state index in [1.807, 2.05) is 79.7 Å². The van der Waals surface area contributed by atoms with Crippen LogP contribution in [0.5, 0.6) is 17.2 Å². The van der Waals surface area contributed by atoms with Crippen LogP contribution in [0.1, 0.15) is 80.2 Å². The molecule has 0 unspecified atom stereocenters. The normalized spacial score (nSPS) is 27.2. The standard InChI is InChI=1S/C22H29NO2.C18H21NO3.C16H25NO2/c1-5-21(24)25-22(18(2)17-23(3)4,20-14-10-7-11-15-20)16-19-12-8-6-9-13-19;1-19-8-7-18-11-4-5-13(20)17(18)22-16-14(21-2)6-3-10(15(16)18)9-12(11)19;1-17(2)12-14-7-4-5-10-16(14,18)13-8-6-9-15(11-13)19-3/h6-15,18H,5,16-17H2,1-4H3;3-6,11-13,17,20H,7-9H2,1-2H3;6,8-9,11,14,18H,4-5,7,10,12H2,1-3H3/t18-,22+;11-,12+,13-,17-,18-;14-,16+/m101/s1. The summed E-state index contributed by atoms with van der Waals surface area (Å²) >= 11 is 0. The molecule has 0 radical (unpaired) electrons. The van der Waals surface area contributed by atoms with Crippen LogP contribution in [-0.4, -0.2) is 118 Å². The molecule has 3 aliphatic carbocycles. The minimum Gasteiger partial charge on any atom is -0.497 e. The van der Waals surface area contributed by atoms with Crippen molar-refractivity contribution in [3.05, 3.63) is 137 Å². The fourth-order valence-corrected chi connectivity index (χ4v) is 11.9. The Morgan fingerprint density at radius 2 is 1.64 bits per heavy atom. The van der Waals surface area contributed by atoms with Gasteiger partial charge in [0.2, 0.25) is 0 Å². The third-order valence-corrected chi connectivity index (χ3v) is 15.1. The summed E-state index contributed by atoms with van der Waals surface area (Å²) in [6.45, 7) is 6.82. The van der Waals surface area contributed by atoms with Gasteiger partial charge in [-0.2, -0.15) is 0 Å². The number of methoxy groups -OCH3 is 2. The highest BCUT2D eigenvalue weighted by Gasteiger charge is 2.64. The minimum absolute atomic E-state index is 0.0806. The van der Waals surface area contributed by atoms with Crippen LogP contribution in [0.2, 0.25) is 0 Å². The third-order valence-electron chi connectivity index (χ3n) is 15.1. The molecule has 10 heteroatoms. The molecule has 1 saturated heterocycles. The van der Waals surface area contributed by atoms with E-state index in [2.05, 4.69) is 93.3 Å². The fraction of sp³-hybridized carbons (Fsp3) is 0.518. The smallest absolute Gasteiger partial charge is 0.306 e. The average Bonchev–Trinajstić information content (AvgIpc) is 3.68. The Kier molecular flexibility index (Phi) is 15.7. The lowest BCUT2D eigenvalue weighted by Crippen LogP contribution is -2.64. The number of hydrogen-bond acceptors (Lipinski definition) is 10. The fourth-order valence-electron chi connectivity index (χ4n) is 11.9. The first-order chi connectivity index (χ1) is 31.7. The van der Waals surface area contributed by atoms with Crippen LogP contribution in [0, 0.1) is 17.8 Å². The van der Waals surface area contributed by atoms with E-state index in [4.69, 9.17) is 18.9 Å². The molecule has 0 aromatic heterocycles. The summed E-state index contributed by atoms with van der Waals surface area (Å²) in [6, 6.07) is 33.0. The van der Waals surface area contributed by atoms with Crippen LogP contribution < -0.4 is 14.2 Å². The molecule has 10 nitrogen and oxygen atoms in total. The summed E-state index contributed by atoms with van der Waals surface area (Å²) in [5.74, 6) is 3.18. The number of hydrogen-bond donors (Lipinski definition) is 2. The van der Waals surface area contributed by atoms with Crippen molar-refractivity contribution in [3.63, 3.8) is 0 Å². The van der Waals surface area contributed by atoms with E-state index >= 15 is 0 Å². The summed E-state index contributed by atoms with van der Waals surface area (Å²) in [5, 5.41) is 21.7. The Balaban J connectivity index is 0.000000149. The van der Waals surface area contributed by atoms with Gasteiger partial charge in [-0.25, -0.2) is 0 Å². The number of carbonyl (C=O) groups is 1. The van der Waals surface area contributed by atoms with Gasteiger partial charge in [0.25, 0.3) is 0 Å². The second-order valence-electron chi connectivity index (χ2n) is 19.9. The molecule has 1 saturated carbocycles. The number of carbonyl (C=O) groups excluding carboxylic acids is 1. The molecule has 2 heterocycles. The monoisotopic (exact) mass is 902 g/mol. The molecule has 2 bridgehead atoms. The quantitative estimate of drug-likeness (QED) is 0.101. The van der Waals surface area contributed by atoms with Gasteiger partial charge in [-0.1, -0.05) is 118 Å². The Morgan fingerprint density at radius 1 is 0.909 bits per heavy atom. The first-order valence-electron chi connectivity index (χ1n) is 24.1. The largest absolute Gasteiger partial charge is 0.497 e. The molecule has 9 atom stereocenters. The molecule has 4 aromatic rings. The van der Waals surface area contributed by atoms with Crippen molar-refractivity contribution in [1.29, 1.82) is 0 Å². The summed E-state index contributed by atoms with van der Waals surface area (Å²) in [6.07, 6.45) is 10.8. The van der Waals surface area contributed by atoms with Crippen molar-refractivity contribution in [2.45, 2.75) is 100 Å². The number of esters is 1. The Labute approximate surface area is 394 Å². The number of benzene rings is 4. The first-order valence-corrected chi connectivity index (χ1v) is 24.1. The van der Waals surface area contributed by atoms with E-state index in [9.17, 15) is 15.0 Å². The average molecular weight is 902 g/mol. The van der Waals surface area contributed by atoms with Gasteiger partial charge in [-0.15, -0.1) is 0 Å². The Hall–Kier alpha value is -4.71. The van der Waals surface area contributed by atoms with Gasteiger partial charge in [-0.05, 0) is 108 Å². The van der Waals surface area contributed by atoms with Crippen LogP contribution in [0.4, 0.5) is 0 Å². The minimum atomic E-state index is -0.711. The number of likely N-dealkylation sites (tertiary alicyclic amines) is 1. The van der Waals surface area contributed by atoms with E-state index in [-0.39, 0.29) is 23.4 Å². The van der Waals surface area contributed by atoms with Crippen LogP contribution in [0.3, 0.4) is 0 Å². The van der Waals surface area contributed by atoms with Crippen molar-refractivity contribution in [3.8, 4) is 17.2 Å². The maximum Gasteiger partial charge on any atom is 0.306 e. The summed E-state index contributed by atoms with van der Waals surface area (Å²) in [5.41, 5.74) is 4.43. The highest BCUT2D eigenvalue weighted by Crippen LogP contribution is 2.62. The molecule has 66 heavy (non-hydrogen) atoms. The SMILES string of the molecule is CCC(=O)O[C@](Cc1ccccc1)(c1ccccc1)[C@H](C)CN(C)C.COc1ccc2c3c1O[C@H]1[C@@H](O)C=C[C@H]4[C@@H](C2)N(C)CC[C@@]341.COc1cccc([C@@]2(O)CCCC[C@@H]2CN(C)C)c1. The van der Waals surface area contributed by atoms with Crippen molar-refractivity contribution in [1.82, 2.24) is 14.7 Å². The lowest BCUT2D eigenvalue weighted by atomic mass is 9.53. The van der Waals surface area contributed by atoms with Crippen LogP contribution >= 0.6 is 0 Å². The number of aliphatic hydroxyl groups excluding tert-OH is 1. The van der Waals surface area contributed by atoms with Gasteiger partial charge in [0.1, 0.15) is 23.6 Å². The summed E-state index contributed by atoms with van der Waals surface area (Å²) in [7, 11) is 13.8. The highest BCUT2D eigenvalue weighted by atomic mass is 16.6. The topological polar surface area (TPSA) is 104 Å². The second kappa shape index (κ2) is 21.1. The summed E-state index contributed by atoms with van der Waals surface area (Å²) in [4.78, 5) is 19.1. The van der Waals surface area contributed by atoms with Gasteiger partial charge in [0.15, 0.2) is 11.5 Å². The predicted molar refractivity (Wildman–Crippen MR) is 262 cm³/mol. The van der Waals surface area contributed by atoms with E-state index in [1.54, 1.807) is 14.2 Å². The molecule has 2 aliphatic heterocycles. The number of nitrogens with zero attached hydrogens (tertiary/aromatic N) is 3. The maximum atomic E-state index is 12.3. The second-order valence-corrected chi connectivity index (χ2v) is 19.9. The van der Waals surface area contributed by atoms with Gasteiger partial charge in [-0.3, -0.25) is 4.79 Å².